The van der Waals surface area contributed by atoms with Crippen molar-refractivity contribution in [3.63, 3.8) is 0 Å². The quantitative estimate of drug-likeness (QED) is 0.702. The highest BCUT2D eigenvalue weighted by Crippen LogP contribution is 2.23. The van der Waals surface area contributed by atoms with E-state index >= 15 is 0 Å². The molecule has 0 bridgehead atoms. The highest BCUT2D eigenvalue weighted by atomic mass is 16.5. The minimum Gasteiger partial charge on any atom is -0.497 e. The second-order valence-electron chi connectivity index (χ2n) is 6.87. The first-order valence-corrected chi connectivity index (χ1v) is 9.46. The molecule has 148 valence electrons. The molecule has 0 aliphatic carbocycles. The average molecular weight is 390 g/mol. The van der Waals surface area contributed by atoms with Crippen molar-refractivity contribution in [3.8, 4) is 5.75 Å². The van der Waals surface area contributed by atoms with Gasteiger partial charge in [0.25, 0.3) is 5.91 Å². The van der Waals surface area contributed by atoms with Crippen molar-refractivity contribution >= 4 is 17.6 Å². The lowest BCUT2D eigenvalue weighted by Gasteiger charge is -2.27. The Hall–Kier alpha value is -3.61. The third-order valence-electron chi connectivity index (χ3n) is 4.98. The van der Waals surface area contributed by atoms with Crippen LogP contribution < -0.4 is 15.0 Å². The van der Waals surface area contributed by atoms with Crippen LogP contribution in [-0.4, -0.2) is 28.7 Å². The summed E-state index contributed by atoms with van der Waals surface area (Å²) in [5.74, 6) is 1.53. The molecule has 0 spiro atoms. The molecule has 0 radical (unpaired) electrons. The zero-order chi connectivity index (χ0) is 20.2. The van der Waals surface area contributed by atoms with E-state index in [-0.39, 0.29) is 11.8 Å². The van der Waals surface area contributed by atoms with E-state index in [2.05, 4.69) is 10.4 Å². The fraction of sp³-hybridized carbons (Fsp3) is 0.227. The maximum atomic E-state index is 12.4. The first-order chi connectivity index (χ1) is 14.1. The monoisotopic (exact) mass is 390 g/mol. The average Bonchev–Trinajstić information content (AvgIpc) is 3.24. The third-order valence-corrected chi connectivity index (χ3v) is 4.98. The zero-order valence-electron chi connectivity index (χ0n) is 16.2. The molecule has 7 nitrogen and oxygen atoms in total. The van der Waals surface area contributed by atoms with Crippen molar-refractivity contribution in [3.05, 3.63) is 77.5 Å². The summed E-state index contributed by atoms with van der Waals surface area (Å²) in [5.41, 5.74) is 2.54. The lowest BCUT2D eigenvalue weighted by Crippen LogP contribution is -2.36. The molecular weight excluding hydrogens is 368 g/mol. The van der Waals surface area contributed by atoms with E-state index in [0.29, 0.717) is 31.6 Å². The Morgan fingerprint density at radius 2 is 1.79 bits per heavy atom. The molecule has 1 aliphatic rings. The summed E-state index contributed by atoms with van der Waals surface area (Å²) < 4.78 is 6.97. The van der Waals surface area contributed by atoms with Gasteiger partial charge in [-0.1, -0.05) is 24.3 Å². The van der Waals surface area contributed by atoms with Crippen molar-refractivity contribution in [2.45, 2.75) is 26.1 Å². The molecule has 1 aromatic heterocycles. The van der Waals surface area contributed by atoms with Crippen molar-refractivity contribution in [2.24, 2.45) is 0 Å². The molecule has 0 fully saturated rings. The van der Waals surface area contributed by atoms with Gasteiger partial charge in [-0.25, -0.2) is 4.68 Å². The summed E-state index contributed by atoms with van der Waals surface area (Å²) >= 11 is 0. The van der Waals surface area contributed by atoms with Crippen LogP contribution in [0, 0.1) is 0 Å². The Morgan fingerprint density at radius 1 is 1.07 bits per heavy atom. The summed E-state index contributed by atoms with van der Waals surface area (Å²) in [6.45, 7) is 1.51. The molecular formula is C22H22N4O3. The Balaban J connectivity index is 1.37. The molecule has 2 heterocycles. The van der Waals surface area contributed by atoms with Crippen molar-refractivity contribution in [1.82, 2.24) is 15.1 Å². The minimum atomic E-state index is -0.139. The number of fused-ring (bicyclic) bond motifs is 1. The molecule has 29 heavy (non-hydrogen) atoms. The third kappa shape index (κ3) is 4.13. The molecule has 4 rings (SSSR count). The standard InChI is InChI=1S/C22H22N4O3/c1-29-19-8-4-16(5-9-19)14-23-22(28)18-6-2-17(3-7-18)15-25-20-10-12-24-26(20)13-11-21(25)27/h2-10,12H,11,13-15H2,1H3,(H,23,28). The van der Waals surface area contributed by atoms with Gasteiger partial charge < -0.3 is 10.1 Å². The fourth-order valence-electron chi connectivity index (χ4n) is 3.33. The number of benzene rings is 2. The number of aryl methyl sites for hydroxylation is 1. The van der Waals surface area contributed by atoms with E-state index in [1.807, 2.05) is 47.1 Å². The van der Waals surface area contributed by atoms with Crippen LogP contribution in [0.2, 0.25) is 0 Å². The maximum Gasteiger partial charge on any atom is 0.251 e. The van der Waals surface area contributed by atoms with Crippen LogP contribution >= 0.6 is 0 Å². The van der Waals surface area contributed by atoms with Crippen LogP contribution in [0.4, 0.5) is 5.82 Å². The first kappa shape index (κ1) is 18.7. The largest absolute Gasteiger partial charge is 0.497 e. The fourth-order valence-corrected chi connectivity index (χ4v) is 3.33. The van der Waals surface area contributed by atoms with Crippen molar-refractivity contribution < 1.29 is 14.3 Å². The summed E-state index contributed by atoms with van der Waals surface area (Å²) in [4.78, 5) is 26.5. The number of amides is 2. The summed E-state index contributed by atoms with van der Waals surface area (Å²) in [7, 11) is 1.62. The van der Waals surface area contributed by atoms with Gasteiger partial charge in [-0.3, -0.25) is 14.5 Å². The number of carbonyl (C=O) groups excluding carboxylic acids is 2. The zero-order valence-corrected chi connectivity index (χ0v) is 16.2. The van der Waals surface area contributed by atoms with E-state index < -0.39 is 0 Å². The SMILES string of the molecule is COc1ccc(CNC(=O)c2ccc(CN3C(=O)CCn4nccc43)cc2)cc1. The number of hydrogen-bond acceptors (Lipinski definition) is 4. The highest BCUT2D eigenvalue weighted by Gasteiger charge is 2.24. The minimum absolute atomic E-state index is 0.0827. The molecule has 2 amide bonds. The summed E-state index contributed by atoms with van der Waals surface area (Å²) in [6.07, 6.45) is 2.15. The van der Waals surface area contributed by atoms with Gasteiger partial charge in [0.15, 0.2) is 0 Å². The molecule has 0 saturated carbocycles. The molecule has 1 aliphatic heterocycles. The van der Waals surface area contributed by atoms with Gasteiger partial charge in [-0.15, -0.1) is 0 Å². The normalized spacial score (nSPS) is 13.1. The topological polar surface area (TPSA) is 76.5 Å². The lowest BCUT2D eigenvalue weighted by atomic mass is 10.1. The van der Waals surface area contributed by atoms with Crippen LogP contribution in [0.1, 0.15) is 27.9 Å². The maximum absolute atomic E-state index is 12.4. The highest BCUT2D eigenvalue weighted by molar-refractivity contribution is 5.95. The number of anilines is 1. The van der Waals surface area contributed by atoms with Gasteiger partial charge in [-0.05, 0) is 35.4 Å². The smallest absolute Gasteiger partial charge is 0.251 e. The number of nitrogens with zero attached hydrogens (tertiary/aromatic N) is 3. The molecule has 0 atom stereocenters. The predicted octanol–water partition coefficient (Wildman–Crippen LogP) is 2.76. The number of methoxy groups -OCH3 is 1. The molecule has 0 unspecified atom stereocenters. The Bertz CT molecular complexity index is 1010. The van der Waals surface area contributed by atoms with Gasteiger partial charge in [-0.2, -0.15) is 5.10 Å². The van der Waals surface area contributed by atoms with E-state index in [1.165, 1.54) is 0 Å². The van der Waals surface area contributed by atoms with Gasteiger partial charge >= 0.3 is 0 Å². The van der Waals surface area contributed by atoms with Gasteiger partial charge in [0.2, 0.25) is 5.91 Å². The predicted molar refractivity (Wildman–Crippen MR) is 109 cm³/mol. The Kier molecular flexibility index (Phi) is 5.29. The van der Waals surface area contributed by atoms with E-state index in [4.69, 9.17) is 4.74 Å². The molecule has 1 N–H and O–H groups in total. The van der Waals surface area contributed by atoms with Crippen molar-refractivity contribution in [2.75, 3.05) is 12.0 Å². The Morgan fingerprint density at radius 3 is 2.52 bits per heavy atom. The van der Waals surface area contributed by atoms with E-state index in [9.17, 15) is 9.59 Å². The number of nitrogens with one attached hydrogen (secondary N) is 1. The number of carbonyl (C=O) groups is 2. The van der Waals surface area contributed by atoms with Gasteiger partial charge in [0, 0.05) is 24.6 Å². The number of ether oxygens (including phenoxy) is 1. The van der Waals surface area contributed by atoms with Crippen LogP contribution in [0.5, 0.6) is 5.75 Å². The van der Waals surface area contributed by atoms with E-state index in [1.54, 1.807) is 30.3 Å². The number of aromatic nitrogens is 2. The van der Waals surface area contributed by atoms with Crippen LogP contribution in [-0.2, 0) is 24.4 Å². The molecule has 0 saturated heterocycles. The number of hydrogen-bond donors (Lipinski definition) is 1. The van der Waals surface area contributed by atoms with Crippen LogP contribution in [0.3, 0.4) is 0 Å². The Labute approximate surface area is 168 Å². The second-order valence-corrected chi connectivity index (χ2v) is 6.87. The van der Waals surface area contributed by atoms with Gasteiger partial charge in [0.05, 0.1) is 26.4 Å². The van der Waals surface area contributed by atoms with Crippen LogP contribution in [0.25, 0.3) is 0 Å². The van der Waals surface area contributed by atoms with E-state index in [0.717, 1.165) is 22.7 Å². The van der Waals surface area contributed by atoms with Crippen LogP contribution in [0.15, 0.2) is 60.8 Å². The molecule has 3 aromatic rings. The summed E-state index contributed by atoms with van der Waals surface area (Å²) in [6, 6.07) is 16.7. The van der Waals surface area contributed by atoms with Crippen molar-refractivity contribution in [1.29, 1.82) is 0 Å². The second kappa shape index (κ2) is 8.18. The molecule has 2 aromatic carbocycles. The first-order valence-electron chi connectivity index (χ1n) is 9.46. The lowest BCUT2D eigenvalue weighted by molar-refractivity contribution is -0.119. The number of rotatable bonds is 6. The summed E-state index contributed by atoms with van der Waals surface area (Å²) in [5, 5.41) is 7.15. The van der Waals surface area contributed by atoms with Gasteiger partial charge in [0.1, 0.15) is 11.6 Å². The molecule has 7 heteroatoms.